The fourth-order valence-corrected chi connectivity index (χ4v) is 3.81. The molecule has 0 spiro atoms. The van der Waals surface area contributed by atoms with E-state index >= 15 is 0 Å². The Kier molecular flexibility index (Phi) is 2.15. The van der Waals surface area contributed by atoms with E-state index in [0.29, 0.717) is 19.5 Å². The highest BCUT2D eigenvalue weighted by atomic mass is 32.2. The first-order chi connectivity index (χ1) is 6.50. The molecule has 0 aromatic carbocycles. The van der Waals surface area contributed by atoms with E-state index in [9.17, 15) is 13.2 Å². The molecule has 7 heteroatoms. The van der Waals surface area contributed by atoms with Gasteiger partial charge in [-0.3, -0.25) is 0 Å². The highest BCUT2D eigenvalue weighted by Gasteiger charge is 2.41. The molecule has 2 fully saturated rings. The maximum absolute atomic E-state index is 11.4. The van der Waals surface area contributed by atoms with Crippen molar-refractivity contribution in [3.8, 4) is 0 Å². The minimum absolute atomic E-state index is 0.134. The first kappa shape index (κ1) is 9.72. The molecule has 2 aliphatic heterocycles. The summed E-state index contributed by atoms with van der Waals surface area (Å²) in [7, 11) is -3.08. The molecule has 1 N–H and O–H groups in total. The standard InChI is InChI=1S/C7H12N2O4S/c10-7(11)8-2-3-9-6(5-8)1-4-14(9,12)13/h6H,1-5H2,(H,10,11)/t6-/m0/s1. The second-order valence-electron chi connectivity index (χ2n) is 3.60. The third-order valence-corrected chi connectivity index (χ3v) is 4.71. The van der Waals surface area contributed by atoms with Crippen molar-refractivity contribution in [2.24, 2.45) is 0 Å². The summed E-state index contributed by atoms with van der Waals surface area (Å²) in [4.78, 5) is 11.9. The SMILES string of the molecule is O=C(O)N1CCN2[C@@H](CCS2(=O)=O)C1. The van der Waals surface area contributed by atoms with Gasteiger partial charge in [0.15, 0.2) is 0 Å². The maximum atomic E-state index is 11.4. The highest BCUT2D eigenvalue weighted by molar-refractivity contribution is 7.89. The van der Waals surface area contributed by atoms with Gasteiger partial charge >= 0.3 is 6.09 Å². The molecule has 2 heterocycles. The summed E-state index contributed by atoms with van der Waals surface area (Å²) in [5, 5.41) is 8.75. The largest absolute Gasteiger partial charge is 0.465 e. The molecule has 0 unspecified atom stereocenters. The lowest BCUT2D eigenvalue weighted by molar-refractivity contribution is 0.109. The van der Waals surface area contributed by atoms with Crippen LogP contribution in [0.5, 0.6) is 0 Å². The van der Waals surface area contributed by atoms with Crippen molar-refractivity contribution in [1.29, 1.82) is 0 Å². The van der Waals surface area contributed by atoms with Crippen LogP contribution in [0, 0.1) is 0 Å². The lowest BCUT2D eigenvalue weighted by Gasteiger charge is -2.34. The van der Waals surface area contributed by atoms with Crippen molar-refractivity contribution in [1.82, 2.24) is 9.21 Å². The third-order valence-electron chi connectivity index (χ3n) is 2.77. The van der Waals surface area contributed by atoms with Crippen molar-refractivity contribution in [2.75, 3.05) is 25.4 Å². The number of sulfonamides is 1. The van der Waals surface area contributed by atoms with Gasteiger partial charge < -0.3 is 10.0 Å². The fraction of sp³-hybridized carbons (Fsp3) is 0.857. The van der Waals surface area contributed by atoms with Crippen LogP contribution in [-0.2, 0) is 10.0 Å². The van der Waals surface area contributed by atoms with Crippen LogP contribution in [0.1, 0.15) is 6.42 Å². The van der Waals surface area contributed by atoms with Crippen molar-refractivity contribution < 1.29 is 18.3 Å². The van der Waals surface area contributed by atoms with Crippen LogP contribution >= 0.6 is 0 Å². The van der Waals surface area contributed by atoms with Gasteiger partial charge in [0.25, 0.3) is 0 Å². The molecule has 0 aromatic heterocycles. The minimum atomic E-state index is -3.08. The molecular formula is C7H12N2O4S. The van der Waals surface area contributed by atoms with Gasteiger partial charge in [-0.25, -0.2) is 13.2 Å². The van der Waals surface area contributed by atoms with Gasteiger partial charge in [0.05, 0.1) is 5.75 Å². The van der Waals surface area contributed by atoms with Crippen LogP contribution in [-0.4, -0.2) is 60.3 Å². The highest BCUT2D eigenvalue weighted by Crippen LogP contribution is 2.24. The zero-order valence-electron chi connectivity index (χ0n) is 7.59. The molecule has 0 aromatic rings. The van der Waals surface area contributed by atoms with Crippen molar-refractivity contribution in [3.05, 3.63) is 0 Å². The van der Waals surface area contributed by atoms with E-state index in [1.807, 2.05) is 0 Å². The Bertz CT molecular complexity index is 353. The Morgan fingerprint density at radius 3 is 2.71 bits per heavy atom. The molecule has 0 bridgehead atoms. The van der Waals surface area contributed by atoms with Gasteiger partial charge in [-0.1, -0.05) is 0 Å². The van der Waals surface area contributed by atoms with Gasteiger partial charge in [-0.05, 0) is 6.42 Å². The van der Waals surface area contributed by atoms with Gasteiger partial charge in [0.1, 0.15) is 0 Å². The van der Waals surface area contributed by atoms with E-state index in [1.54, 1.807) is 0 Å². The molecule has 2 rings (SSSR count). The number of carboxylic acid groups (broad SMARTS) is 1. The molecule has 0 aliphatic carbocycles. The van der Waals surface area contributed by atoms with Gasteiger partial charge in [-0.15, -0.1) is 0 Å². The third kappa shape index (κ3) is 1.46. The molecular weight excluding hydrogens is 208 g/mol. The second-order valence-corrected chi connectivity index (χ2v) is 5.64. The zero-order chi connectivity index (χ0) is 10.3. The van der Waals surface area contributed by atoms with Crippen LogP contribution in [0.15, 0.2) is 0 Å². The molecule has 0 radical (unpaired) electrons. The zero-order valence-corrected chi connectivity index (χ0v) is 8.40. The molecule has 1 atom stereocenters. The molecule has 14 heavy (non-hydrogen) atoms. The lowest BCUT2D eigenvalue weighted by atomic mass is 10.2. The number of piperazine rings is 1. The number of nitrogens with zero attached hydrogens (tertiary/aromatic N) is 2. The minimum Gasteiger partial charge on any atom is -0.465 e. The molecule has 2 saturated heterocycles. The predicted molar refractivity (Wildman–Crippen MR) is 48.5 cm³/mol. The van der Waals surface area contributed by atoms with E-state index in [0.717, 1.165) is 0 Å². The number of hydrogen-bond acceptors (Lipinski definition) is 3. The molecule has 80 valence electrons. The summed E-state index contributed by atoms with van der Waals surface area (Å²) in [5.74, 6) is 0.158. The van der Waals surface area contributed by atoms with Crippen LogP contribution in [0.3, 0.4) is 0 Å². The summed E-state index contributed by atoms with van der Waals surface area (Å²) in [5.41, 5.74) is 0. The monoisotopic (exact) mass is 220 g/mol. The van der Waals surface area contributed by atoms with Gasteiger partial charge in [0.2, 0.25) is 10.0 Å². The first-order valence-electron chi connectivity index (χ1n) is 4.48. The number of carbonyl (C=O) groups is 1. The lowest BCUT2D eigenvalue weighted by Crippen LogP contribution is -2.52. The normalized spacial score (nSPS) is 31.4. The summed E-state index contributed by atoms with van der Waals surface area (Å²) >= 11 is 0. The maximum Gasteiger partial charge on any atom is 0.407 e. The molecule has 2 aliphatic rings. The average molecular weight is 220 g/mol. The van der Waals surface area contributed by atoms with Gasteiger partial charge in [0, 0.05) is 25.7 Å². The number of amides is 1. The van der Waals surface area contributed by atoms with Crippen LogP contribution in [0.4, 0.5) is 4.79 Å². The van der Waals surface area contributed by atoms with Crippen LogP contribution < -0.4 is 0 Å². The van der Waals surface area contributed by atoms with Crippen LogP contribution in [0.25, 0.3) is 0 Å². The molecule has 6 nitrogen and oxygen atoms in total. The summed E-state index contributed by atoms with van der Waals surface area (Å²) < 4.78 is 24.3. The van der Waals surface area contributed by atoms with Gasteiger partial charge in [-0.2, -0.15) is 4.31 Å². The molecule has 1 amide bonds. The van der Waals surface area contributed by atoms with E-state index in [2.05, 4.69) is 0 Å². The predicted octanol–water partition coefficient (Wildman–Crippen LogP) is -0.616. The summed E-state index contributed by atoms with van der Waals surface area (Å²) in [6.07, 6.45) is -0.416. The number of fused-ring (bicyclic) bond motifs is 1. The number of rotatable bonds is 0. The Morgan fingerprint density at radius 2 is 2.07 bits per heavy atom. The Balaban J connectivity index is 2.12. The smallest absolute Gasteiger partial charge is 0.407 e. The average Bonchev–Trinajstić information content (AvgIpc) is 2.42. The second kappa shape index (κ2) is 3.09. The number of hydrogen-bond donors (Lipinski definition) is 1. The quantitative estimate of drug-likeness (QED) is 0.590. The van der Waals surface area contributed by atoms with Crippen LogP contribution in [0.2, 0.25) is 0 Å². The summed E-state index contributed by atoms with van der Waals surface area (Å²) in [6, 6.07) is -0.134. The van der Waals surface area contributed by atoms with Crippen molar-refractivity contribution in [2.45, 2.75) is 12.5 Å². The Labute approximate surface area is 82.2 Å². The van der Waals surface area contributed by atoms with E-state index < -0.39 is 16.1 Å². The van der Waals surface area contributed by atoms with Crippen molar-refractivity contribution >= 4 is 16.1 Å². The topological polar surface area (TPSA) is 77.9 Å². The Morgan fingerprint density at radius 1 is 1.36 bits per heavy atom. The summed E-state index contributed by atoms with van der Waals surface area (Å²) in [6.45, 7) is 0.902. The van der Waals surface area contributed by atoms with E-state index in [1.165, 1.54) is 9.21 Å². The van der Waals surface area contributed by atoms with E-state index in [-0.39, 0.29) is 18.3 Å². The van der Waals surface area contributed by atoms with E-state index in [4.69, 9.17) is 5.11 Å². The fourth-order valence-electron chi connectivity index (χ4n) is 2.02. The first-order valence-corrected chi connectivity index (χ1v) is 6.09. The van der Waals surface area contributed by atoms with Crippen molar-refractivity contribution in [3.63, 3.8) is 0 Å². The molecule has 0 saturated carbocycles. The Hall–Kier alpha value is -0.820.